The zero-order chi connectivity index (χ0) is 10.6. The van der Waals surface area contributed by atoms with E-state index in [2.05, 4.69) is 0 Å². The molecule has 0 radical (unpaired) electrons. The molecule has 0 amide bonds. The zero-order valence-corrected chi connectivity index (χ0v) is 8.09. The van der Waals surface area contributed by atoms with Gasteiger partial charge in [0.05, 0.1) is 0 Å². The summed E-state index contributed by atoms with van der Waals surface area (Å²) in [4.78, 5) is 11.4. The van der Waals surface area contributed by atoms with E-state index in [0.29, 0.717) is 12.0 Å². The predicted octanol–water partition coefficient (Wildman–Crippen LogP) is 2.59. The van der Waals surface area contributed by atoms with E-state index in [1.54, 1.807) is 0 Å². The highest BCUT2D eigenvalue weighted by molar-refractivity contribution is 5.89. The summed E-state index contributed by atoms with van der Waals surface area (Å²) in [5, 5.41) is 0. The Kier molecular flexibility index (Phi) is 1.59. The predicted molar refractivity (Wildman–Crippen MR) is 50.4 cm³/mol. The molecule has 3 rings (SSSR count). The molecule has 2 aliphatic carbocycles. The van der Waals surface area contributed by atoms with Gasteiger partial charge in [0, 0.05) is 23.8 Å². The van der Waals surface area contributed by atoms with Gasteiger partial charge in [0.25, 0.3) is 0 Å². The number of rotatable bonds is 1. The Hall–Kier alpha value is -1.25. The van der Waals surface area contributed by atoms with Gasteiger partial charge >= 0.3 is 0 Å². The van der Waals surface area contributed by atoms with Gasteiger partial charge < -0.3 is 0 Å². The van der Waals surface area contributed by atoms with Crippen LogP contribution in [-0.4, -0.2) is 5.78 Å². The van der Waals surface area contributed by atoms with Crippen LogP contribution in [0.1, 0.15) is 24.8 Å². The third-order valence-corrected chi connectivity index (χ3v) is 3.72. The van der Waals surface area contributed by atoms with Crippen molar-refractivity contribution in [1.29, 1.82) is 0 Å². The Morgan fingerprint density at radius 2 is 1.87 bits per heavy atom. The Bertz CT molecular complexity index is 435. The minimum Gasteiger partial charge on any atom is -0.299 e. The Balaban J connectivity index is 2.04. The Labute approximate surface area is 86.1 Å². The largest absolute Gasteiger partial charge is 0.299 e. The summed E-state index contributed by atoms with van der Waals surface area (Å²) in [6.07, 6.45) is 2.08. The van der Waals surface area contributed by atoms with Gasteiger partial charge in [-0.15, -0.1) is 0 Å². The first-order valence-electron chi connectivity index (χ1n) is 5.11. The molecule has 15 heavy (non-hydrogen) atoms. The third kappa shape index (κ3) is 1.15. The first kappa shape index (κ1) is 9.01. The maximum absolute atomic E-state index is 13.0. The van der Waals surface area contributed by atoms with E-state index in [9.17, 15) is 13.6 Å². The minimum atomic E-state index is -0.552. The molecule has 1 aromatic rings. The molecule has 2 fully saturated rings. The highest BCUT2D eigenvalue weighted by Gasteiger charge is 2.62. The highest BCUT2D eigenvalue weighted by atomic mass is 19.1. The molecule has 0 heterocycles. The number of carbonyl (C=O) groups is 1. The molecule has 2 saturated carbocycles. The van der Waals surface area contributed by atoms with E-state index in [4.69, 9.17) is 0 Å². The number of Topliss-reactive ketones (excluding diaryl/α,β-unsaturated/α-hetero) is 1. The van der Waals surface area contributed by atoms with Crippen LogP contribution in [0.25, 0.3) is 0 Å². The van der Waals surface area contributed by atoms with Crippen molar-refractivity contribution in [3.05, 3.63) is 35.4 Å². The molecular weight excluding hydrogens is 198 g/mol. The SMILES string of the molecule is O=C1CC[C@]2(c3cc(F)cc(F)c3)C[C@H]12. The molecule has 2 aliphatic rings. The lowest BCUT2D eigenvalue weighted by molar-refractivity contribution is -0.119. The second-order valence-corrected chi connectivity index (χ2v) is 4.54. The quantitative estimate of drug-likeness (QED) is 0.693. The molecule has 0 bridgehead atoms. The standard InChI is InChI=1S/C12H10F2O/c13-8-3-7(4-9(14)5-8)12-2-1-11(15)10(12)6-12/h3-5,10H,1-2,6H2/t10-,12-/m1/s1. The third-order valence-electron chi connectivity index (χ3n) is 3.72. The van der Waals surface area contributed by atoms with Gasteiger partial charge in [-0.1, -0.05) is 0 Å². The monoisotopic (exact) mass is 208 g/mol. The topological polar surface area (TPSA) is 17.1 Å². The Morgan fingerprint density at radius 1 is 1.20 bits per heavy atom. The molecule has 0 aliphatic heterocycles. The summed E-state index contributed by atoms with van der Waals surface area (Å²) in [7, 11) is 0. The van der Waals surface area contributed by atoms with Crippen LogP contribution in [0.15, 0.2) is 18.2 Å². The van der Waals surface area contributed by atoms with Crippen LogP contribution in [-0.2, 0) is 10.2 Å². The average molecular weight is 208 g/mol. The number of hydrogen-bond acceptors (Lipinski definition) is 1. The molecule has 78 valence electrons. The number of halogens is 2. The second-order valence-electron chi connectivity index (χ2n) is 4.54. The first-order chi connectivity index (χ1) is 7.12. The van der Waals surface area contributed by atoms with Crippen molar-refractivity contribution >= 4 is 5.78 Å². The summed E-state index contributed by atoms with van der Waals surface area (Å²) < 4.78 is 26.1. The van der Waals surface area contributed by atoms with Crippen LogP contribution >= 0.6 is 0 Å². The second kappa shape index (κ2) is 2.65. The fourth-order valence-corrected chi connectivity index (χ4v) is 2.83. The van der Waals surface area contributed by atoms with Crippen molar-refractivity contribution in [2.24, 2.45) is 5.92 Å². The van der Waals surface area contributed by atoms with Crippen LogP contribution in [0.2, 0.25) is 0 Å². The Morgan fingerprint density at radius 3 is 2.33 bits per heavy atom. The lowest BCUT2D eigenvalue weighted by Crippen LogP contribution is -2.06. The van der Waals surface area contributed by atoms with Gasteiger partial charge in [-0.2, -0.15) is 0 Å². The van der Waals surface area contributed by atoms with Gasteiger partial charge in [-0.3, -0.25) is 4.79 Å². The normalized spacial score (nSPS) is 32.9. The summed E-state index contributed by atoms with van der Waals surface area (Å²) in [6, 6.07) is 3.59. The lowest BCUT2D eigenvalue weighted by atomic mass is 9.93. The summed E-state index contributed by atoms with van der Waals surface area (Å²) in [5.41, 5.74) is 0.441. The number of ketones is 1. The molecule has 2 atom stereocenters. The van der Waals surface area contributed by atoms with E-state index in [1.165, 1.54) is 12.1 Å². The smallest absolute Gasteiger partial charge is 0.136 e. The van der Waals surface area contributed by atoms with Crippen molar-refractivity contribution in [1.82, 2.24) is 0 Å². The van der Waals surface area contributed by atoms with Crippen molar-refractivity contribution in [3.63, 3.8) is 0 Å². The fourth-order valence-electron chi connectivity index (χ4n) is 2.83. The number of carbonyl (C=O) groups excluding carboxylic acids is 1. The molecule has 0 unspecified atom stereocenters. The van der Waals surface area contributed by atoms with Crippen molar-refractivity contribution in [2.75, 3.05) is 0 Å². The van der Waals surface area contributed by atoms with E-state index in [-0.39, 0.29) is 17.1 Å². The van der Waals surface area contributed by atoms with Crippen LogP contribution in [0.4, 0.5) is 8.78 Å². The molecular formula is C12H10F2O. The molecule has 1 aromatic carbocycles. The van der Waals surface area contributed by atoms with Crippen molar-refractivity contribution in [2.45, 2.75) is 24.7 Å². The van der Waals surface area contributed by atoms with E-state index < -0.39 is 11.6 Å². The van der Waals surface area contributed by atoms with E-state index in [1.807, 2.05) is 0 Å². The minimum absolute atomic E-state index is 0.0266. The van der Waals surface area contributed by atoms with Gasteiger partial charge in [0.15, 0.2) is 0 Å². The van der Waals surface area contributed by atoms with Gasteiger partial charge in [0.1, 0.15) is 17.4 Å². The number of hydrogen-bond donors (Lipinski definition) is 0. The molecule has 3 heteroatoms. The highest BCUT2D eigenvalue weighted by Crippen LogP contribution is 2.62. The first-order valence-corrected chi connectivity index (χ1v) is 5.11. The van der Waals surface area contributed by atoms with Gasteiger partial charge in [-0.25, -0.2) is 8.78 Å². The summed E-state index contributed by atoms with van der Waals surface area (Å²) >= 11 is 0. The van der Waals surface area contributed by atoms with Crippen LogP contribution in [0.5, 0.6) is 0 Å². The maximum Gasteiger partial charge on any atom is 0.136 e. The molecule has 0 saturated heterocycles. The molecule has 0 N–H and O–H groups in total. The molecule has 1 nitrogen and oxygen atoms in total. The summed E-state index contributed by atoms with van der Waals surface area (Å²) in [5.74, 6) is -0.827. The zero-order valence-electron chi connectivity index (χ0n) is 8.09. The maximum atomic E-state index is 13.0. The van der Waals surface area contributed by atoms with E-state index in [0.717, 1.165) is 18.9 Å². The molecule has 0 aromatic heterocycles. The number of fused-ring (bicyclic) bond motifs is 1. The van der Waals surface area contributed by atoms with Crippen LogP contribution in [0, 0.1) is 17.6 Å². The van der Waals surface area contributed by atoms with Gasteiger partial charge in [-0.05, 0) is 30.5 Å². The van der Waals surface area contributed by atoms with Crippen LogP contribution in [0.3, 0.4) is 0 Å². The average Bonchev–Trinajstić information content (AvgIpc) is 2.82. The van der Waals surface area contributed by atoms with Crippen molar-refractivity contribution < 1.29 is 13.6 Å². The van der Waals surface area contributed by atoms with Gasteiger partial charge in [0.2, 0.25) is 0 Å². The van der Waals surface area contributed by atoms with E-state index >= 15 is 0 Å². The fraction of sp³-hybridized carbons (Fsp3) is 0.417. The lowest BCUT2D eigenvalue weighted by Gasteiger charge is -2.11. The summed E-state index contributed by atoms with van der Waals surface area (Å²) in [6.45, 7) is 0. The number of benzene rings is 1. The van der Waals surface area contributed by atoms with Crippen LogP contribution < -0.4 is 0 Å². The van der Waals surface area contributed by atoms with Crippen molar-refractivity contribution in [3.8, 4) is 0 Å². The molecule has 0 spiro atoms.